The van der Waals surface area contributed by atoms with E-state index in [2.05, 4.69) is 4.98 Å². The smallest absolute Gasteiger partial charge is 0.338 e. The summed E-state index contributed by atoms with van der Waals surface area (Å²) in [4.78, 5) is 15.6. The van der Waals surface area contributed by atoms with E-state index in [1.165, 1.54) is 24.3 Å². The second-order valence-electron chi connectivity index (χ2n) is 4.16. The van der Waals surface area contributed by atoms with E-state index in [-0.39, 0.29) is 15.5 Å². The van der Waals surface area contributed by atoms with E-state index < -0.39 is 21.6 Å². The molecule has 0 aliphatic carbocycles. The summed E-state index contributed by atoms with van der Waals surface area (Å²) >= 11 is 1.02. The molecule has 0 bridgehead atoms. The molecule has 110 valence electrons. The zero-order chi connectivity index (χ0) is 15.6. The topological polar surface area (TPSA) is 84.3 Å². The minimum absolute atomic E-state index is 0.135. The summed E-state index contributed by atoms with van der Waals surface area (Å²) in [5.41, 5.74) is -0.243. The Bertz CT molecular complexity index is 788. The van der Waals surface area contributed by atoms with Crippen LogP contribution in [0, 0.1) is 5.82 Å². The molecule has 1 heterocycles. The zero-order valence-electron chi connectivity index (χ0n) is 10.8. The van der Waals surface area contributed by atoms with Gasteiger partial charge >= 0.3 is 5.97 Å². The van der Waals surface area contributed by atoms with Crippen LogP contribution in [-0.2, 0) is 9.84 Å². The fourth-order valence-electron chi connectivity index (χ4n) is 1.53. The average Bonchev–Trinajstić information content (AvgIpc) is 2.40. The molecule has 1 aromatic carbocycles. The van der Waals surface area contributed by atoms with E-state index in [9.17, 15) is 17.6 Å². The molecule has 21 heavy (non-hydrogen) atoms. The Labute approximate surface area is 124 Å². The molecule has 0 aliphatic rings. The Kier molecular flexibility index (Phi) is 4.29. The Morgan fingerprint density at radius 1 is 1.29 bits per heavy atom. The first kappa shape index (κ1) is 15.5. The molecular weight excluding hydrogens is 317 g/mol. The maximum atomic E-state index is 13.0. The summed E-state index contributed by atoms with van der Waals surface area (Å²) in [6.45, 7) is 0. The summed E-state index contributed by atoms with van der Waals surface area (Å²) in [5, 5.41) is 9.15. The van der Waals surface area contributed by atoms with Gasteiger partial charge in [-0.25, -0.2) is 22.6 Å². The van der Waals surface area contributed by atoms with Gasteiger partial charge in [0.05, 0.1) is 16.7 Å². The summed E-state index contributed by atoms with van der Waals surface area (Å²) in [5.74, 6) is -2.01. The first-order valence-corrected chi connectivity index (χ1v) is 8.35. The number of halogens is 1. The van der Waals surface area contributed by atoms with E-state index in [0.29, 0.717) is 4.90 Å². The molecule has 0 aliphatic heterocycles. The van der Waals surface area contributed by atoms with Crippen molar-refractivity contribution in [1.29, 1.82) is 0 Å². The summed E-state index contributed by atoms with van der Waals surface area (Å²) in [6.07, 6.45) is 2.03. The third-order valence-electron chi connectivity index (χ3n) is 2.51. The van der Waals surface area contributed by atoms with Crippen LogP contribution in [0.25, 0.3) is 0 Å². The zero-order valence-corrected chi connectivity index (χ0v) is 12.4. The van der Waals surface area contributed by atoms with E-state index in [1.54, 1.807) is 0 Å². The van der Waals surface area contributed by atoms with Crippen LogP contribution in [0.3, 0.4) is 0 Å². The lowest BCUT2D eigenvalue weighted by molar-refractivity contribution is 0.0691. The average molecular weight is 327 g/mol. The SMILES string of the molecule is CS(=O)(=O)c1ccc(Sc2ncc(F)cc2C(=O)O)cc1. The number of aromatic carboxylic acids is 1. The van der Waals surface area contributed by atoms with Crippen molar-refractivity contribution in [3.63, 3.8) is 0 Å². The third-order valence-corrected chi connectivity index (χ3v) is 4.67. The second kappa shape index (κ2) is 5.82. The normalized spacial score (nSPS) is 11.3. The maximum absolute atomic E-state index is 13.0. The molecule has 0 radical (unpaired) electrons. The molecule has 0 amide bonds. The molecule has 1 N–H and O–H groups in total. The fraction of sp³-hybridized carbons (Fsp3) is 0.0769. The van der Waals surface area contributed by atoms with Gasteiger partial charge in [0.2, 0.25) is 0 Å². The predicted octanol–water partition coefficient (Wildman–Crippen LogP) is 2.47. The minimum atomic E-state index is -3.29. The van der Waals surface area contributed by atoms with Crippen LogP contribution in [-0.4, -0.2) is 30.7 Å². The fourth-order valence-corrected chi connectivity index (χ4v) is 3.02. The molecule has 0 atom stereocenters. The van der Waals surface area contributed by atoms with Crippen molar-refractivity contribution in [3.05, 3.63) is 47.9 Å². The van der Waals surface area contributed by atoms with Crippen LogP contribution >= 0.6 is 11.8 Å². The lowest BCUT2D eigenvalue weighted by Crippen LogP contribution is -2.02. The first-order valence-electron chi connectivity index (χ1n) is 5.64. The molecule has 0 fully saturated rings. The van der Waals surface area contributed by atoms with Crippen LogP contribution in [0.1, 0.15) is 10.4 Å². The van der Waals surface area contributed by atoms with Gasteiger partial charge in [0.1, 0.15) is 10.8 Å². The number of carbonyl (C=O) groups is 1. The molecule has 2 aromatic rings. The highest BCUT2D eigenvalue weighted by atomic mass is 32.2. The Morgan fingerprint density at radius 3 is 2.43 bits per heavy atom. The molecule has 0 saturated heterocycles. The van der Waals surface area contributed by atoms with Crippen LogP contribution in [0.5, 0.6) is 0 Å². The van der Waals surface area contributed by atoms with Crippen LogP contribution in [0.15, 0.2) is 51.3 Å². The van der Waals surface area contributed by atoms with Gasteiger partial charge in [-0.05, 0) is 30.3 Å². The van der Waals surface area contributed by atoms with E-state index in [0.717, 1.165) is 30.3 Å². The molecule has 0 saturated carbocycles. The van der Waals surface area contributed by atoms with Crippen molar-refractivity contribution in [2.24, 2.45) is 0 Å². The van der Waals surface area contributed by atoms with Crippen molar-refractivity contribution in [1.82, 2.24) is 4.98 Å². The van der Waals surface area contributed by atoms with Gasteiger partial charge in [0.15, 0.2) is 9.84 Å². The molecule has 5 nitrogen and oxygen atoms in total. The summed E-state index contributed by atoms with van der Waals surface area (Å²) in [6, 6.07) is 6.81. The molecule has 0 unspecified atom stereocenters. The molecule has 8 heteroatoms. The standard InChI is InChI=1S/C13H10FNO4S2/c1-21(18,19)10-4-2-9(3-5-10)20-12-11(13(16)17)6-8(14)7-15-12/h2-7H,1H3,(H,16,17). The number of sulfone groups is 1. The quantitative estimate of drug-likeness (QED) is 0.928. The lowest BCUT2D eigenvalue weighted by atomic mass is 10.3. The van der Waals surface area contributed by atoms with Crippen molar-refractivity contribution in [2.45, 2.75) is 14.8 Å². The first-order chi connectivity index (χ1) is 9.77. The summed E-state index contributed by atoms with van der Waals surface area (Å²) in [7, 11) is -3.29. The number of hydrogen-bond acceptors (Lipinski definition) is 5. The van der Waals surface area contributed by atoms with Gasteiger partial charge in [-0.1, -0.05) is 11.8 Å². The van der Waals surface area contributed by atoms with Gasteiger partial charge in [-0.2, -0.15) is 0 Å². The Hall–Kier alpha value is -1.93. The van der Waals surface area contributed by atoms with Gasteiger partial charge in [0.25, 0.3) is 0 Å². The van der Waals surface area contributed by atoms with Gasteiger partial charge in [-0.3, -0.25) is 0 Å². The van der Waals surface area contributed by atoms with Crippen LogP contribution < -0.4 is 0 Å². The Morgan fingerprint density at radius 2 is 1.90 bits per heavy atom. The van der Waals surface area contributed by atoms with Crippen molar-refractivity contribution < 1.29 is 22.7 Å². The predicted molar refractivity (Wildman–Crippen MR) is 74.8 cm³/mol. The number of aromatic nitrogens is 1. The minimum Gasteiger partial charge on any atom is -0.478 e. The van der Waals surface area contributed by atoms with Crippen molar-refractivity contribution in [2.75, 3.05) is 6.26 Å². The number of nitrogens with zero attached hydrogens (tertiary/aromatic N) is 1. The number of carboxylic acids is 1. The second-order valence-corrected chi connectivity index (χ2v) is 7.23. The van der Waals surface area contributed by atoms with Gasteiger partial charge < -0.3 is 5.11 Å². The number of hydrogen-bond donors (Lipinski definition) is 1. The van der Waals surface area contributed by atoms with E-state index >= 15 is 0 Å². The molecule has 1 aromatic heterocycles. The van der Waals surface area contributed by atoms with Crippen molar-refractivity contribution >= 4 is 27.6 Å². The van der Waals surface area contributed by atoms with Crippen molar-refractivity contribution in [3.8, 4) is 0 Å². The third kappa shape index (κ3) is 3.79. The number of pyridine rings is 1. The maximum Gasteiger partial charge on any atom is 0.338 e. The lowest BCUT2D eigenvalue weighted by Gasteiger charge is -2.05. The number of benzene rings is 1. The Balaban J connectivity index is 2.33. The monoisotopic (exact) mass is 327 g/mol. The highest BCUT2D eigenvalue weighted by Crippen LogP contribution is 2.29. The van der Waals surface area contributed by atoms with Gasteiger partial charge in [0, 0.05) is 11.2 Å². The largest absolute Gasteiger partial charge is 0.478 e. The van der Waals surface area contributed by atoms with E-state index in [4.69, 9.17) is 5.11 Å². The molecular formula is C13H10FNO4S2. The highest BCUT2D eigenvalue weighted by Gasteiger charge is 2.14. The number of rotatable bonds is 4. The molecule has 0 spiro atoms. The van der Waals surface area contributed by atoms with E-state index in [1.807, 2.05) is 0 Å². The van der Waals surface area contributed by atoms with Gasteiger partial charge in [-0.15, -0.1) is 0 Å². The van der Waals surface area contributed by atoms with Crippen LogP contribution in [0.4, 0.5) is 4.39 Å². The number of carboxylic acid groups (broad SMARTS) is 1. The summed E-state index contributed by atoms with van der Waals surface area (Å²) < 4.78 is 35.7. The van der Waals surface area contributed by atoms with Crippen LogP contribution in [0.2, 0.25) is 0 Å². The highest BCUT2D eigenvalue weighted by molar-refractivity contribution is 7.99. The molecule has 2 rings (SSSR count).